The number of hydrogen-bond acceptors (Lipinski definition) is 5. The van der Waals surface area contributed by atoms with Gasteiger partial charge >= 0.3 is 6.18 Å². The first-order chi connectivity index (χ1) is 9.77. The quantitative estimate of drug-likeness (QED) is 0.894. The van der Waals surface area contributed by atoms with Gasteiger partial charge in [-0.05, 0) is 13.0 Å². The predicted octanol–water partition coefficient (Wildman–Crippen LogP) is 2.69. The van der Waals surface area contributed by atoms with Crippen LogP contribution in [-0.4, -0.2) is 34.6 Å². The second kappa shape index (κ2) is 6.07. The van der Waals surface area contributed by atoms with Crippen LogP contribution in [0.3, 0.4) is 0 Å². The molecule has 1 aromatic rings. The maximum Gasteiger partial charge on any atom is 0.417 e. The van der Waals surface area contributed by atoms with E-state index in [1.165, 1.54) is 0 Å². The van der Waals surface area contributed by atoms with E-state index in [4.69, 9.17) is 16.4 Å². The molecule has 9 heteroatoms. The van der Waals surface area contributed by atoms with Crippen LogP contribution >= 0.6 is 11.6 Å². The Morgan fingerprint density at radius 3 is 2.81 bits per heavy atom. The highest BCUT2D eigenvalue weighted by atomic mass is 35.5. The number of nitrogens with zero attached hydrogens (tertiary/aromatic N) is 2. The highest BCUT2D eigenvalue weighted by Gasteiger charge is 2.31. The molecule has 0 radical (unpaired) electrons. The molecule has 0 fully saturated rings. The van der Waals surface area contributed by atoms with E-state index >= 15 is 0 Å². The molecule has 2 atom stereocenters. The first kappa shape index (κ1) is 15.8. The third kappa shape index (κ3) is 3.98. The topological polar surface area (TPSA) is 66.7 Å². The molecule has 1 aromatic heterocycles. The summed E-state index contributed by atoms with van der Waals surface area (Å²) >= 11 is 5.77. The van der Waals surface area contributed by atoms with Gasteiger partial charge in [-0.2, -0.15) is 13.2 Å². The van der Waals surface area contributed by atoms with E-state index in [-0.39, 0.29) is 23.5 Å². The summed E-state index contributed by atoms with van der Waals surface area (Å²) in [5.41, 5.74) is -0.386. The molecule has 2 N–H and O–H groups in total. The SMILES string of the molecule is CC(O)C1=NOC(CNc2ncc(C(F)(F)F)cc2Cl)C1. The van der Waals surface area contributed by atoms with Gasteiger partial charge in [0, 0.05) is 12.6 Å². The highest BCUT2D eigenvalue weighted by Crippen LogP contribution is 2.32. The van der Waals surface area contributed by atoms with Crippen LogP contribution in [0.15, 0.2) is 17.4 Å². The number of pyridine rings is 1. The number of oxime groups is 1. The number of aliphatic hydroxyl groups excluding tert-OH is 1. The van der Waals surface area contributed by atoms with Crippen molar-refractivity contribution >= 4 is 23.1 Å². The second-order valence-corrected chi connectivity index (χ2v) is 5.03. The fourth-order valence-electron chi connectivity index (χ4n) is 1.74. The largest absolute Gasteiger partial charge is 0.417 e. The van der Waals surface area contributed by atoms with Crippen LogP contribution < -0.4 is 5.32 Å². The van der Waals surface area contributed by atoms with Crippen molar-refractivity contribution in [1.29, 1.82) is 0 Å². The van der Waals surface area contributed by atoms with E-state index in [0.29, 0.717) is 18.3 Å². The van der Waals surface area contributed by atoms with Gasteiger partial charge in [-0.15, -0.1) is 0 Å². The lowest BCUT2D eigenvalue weighted by atomic mass is 10.1. The zero-order chi connectivity index (χ0) is 15.6. The summed E-state index contributed by atoms with van der Waals surface area (Å²) in [6, 6.07) is 0.810. The Labute approximate surface area is 123 Å². The van der Waals surface area contributed by atoms with E-state index < -0.39 is 17.8 Å². The molecule has 21 heavy (non-hydrogen) atoms. The van der Waals surface area contributed by atoms with Gasteiger partial charge in [0.1, 0.15) is 11.9 Å². The Bertz CT molecular complexity index is 549. The lowest BCUT2D eigenvalue weighted by molar-refractivity contribution is -0.137. The number of alkyl halides is 3. The second-order valence-electron chi connectivity index (χ2n) is 4.62. The summed E-state index contributed by atoms with van der Waals surface area (Å²) in [6.07, 6.45) is -4.36. The molecule has 1 aliphatic heterocycles. The number of rotatable bonds is 4. The molecule has 2 unspecified atom stereocenters. The summed E-state index contributed by atoms with van der Waals surface area (Å²) in [5, 5.41) is 15.7. The zero-order valence-corrected chi connectivity index (χ0v) is 11.7. The summed E-state index contributed by atoms with van der Waals surface area (Å²) in [6.45, 7) is 1.84. The molecule has 2 rings (SSSR count). The zero-order valence-electron chi connectivity index (χ0n) is 11.0. The minimum atomic E-state index is -4.48. The fourth-order valence-corrected chi connectivity index (χ4v) is 1.97. The van der Waals surface area contributed by atoms with E-state index in [1.54, 1.807) is 6.92 Å². The Balaban J connectivity index is 1.93. The van der Waals surface area contributed by atoms with Crippen molar-refractivity contribution in [3.8, 4) is 0 Å². The summed E-state index contributed by atoms with van der Waals surface area (Å²) in [5.74, 6) is 0.138. The molecule has 0 saturated carbocycles. The molecule has 5 nitrogen and oxygen atoms in total. The lowest BCUT2D eigenvalue weighted by Gasteiger charge is -2.13. The lowest BCUT2D eigenvalue weighted by Crippen LogP contribution is -2.23. The van der Waals surface area contributed by atoms with Gasteiger partial charge in [-0.1, -0.05) is 16.8 Å². The summed E-state index contributed by atoms with van der Waals surface area (Å²) < 4.78 is 37.4. The normalized spacial score (nSPS) is 19.9. The highest BCUT2D eigenvalue weighted by molar-refractivity contribution is 6.32. The molecular weight excluding hydrogens is 311 g/mol. The number of anilines is 1. The van der Waals surface area contributed by atoms with Gasteiger partial charge in [0.25, 0.3) is 0 Å². The monoisotopic (exact) mass is 323 g/mol. The number of hydrogen-bond donors (Lipinski definition) is 2. The molecule has 1 aliphatic rings. The van der Waals surface area contributed by atoms with E-state index in [0.717, 1.165) is 6.07 Å². The van der Waals surface area contributed by atoms with Crippen LogP contribution in [-0.2, 0) is 11.0 Å². The summed E-state index contributed by atoms with van der Waals surface area (Å²) in [4.78, 5) is 8.74. The third-order valence-electron chi connectivity index (χ3n) is 2.90. The van der Waals surface area contributed by atoms with Gasteiger partial charge in [-0.25, -0.2) is 4.98 Å². The van der Waals surface area contributed by atoms with Crippen molar-refractivity contribution in [2.75, 3.05) is 11.9 Å². The van der Waals surface area contributed by atoms with Crippen molar-refractivity contribution in [3.63, 3.8) is 0 Å². The first-order valence-corrected chi connectivity index (χ1v) is 6.52. The minimum absolute atomic E-state index is 0.125. The van der Waals surface area contributed by atoms with E-state index in [2.05, 4.69) is 15.5 Å². The van der Waals surface area contributed by atoms with Crippen LogP contribution in [0.5, 0.6) is 0 Å². The average molecular weight is 324 g/mol. The van der Waals surface area contributed by atoms with E-state index in [1.807, 2.05) is 0 Å². The van der Waals surface area contributed by atoms with Gasteiger partial charge < -0.3 is 15.3 Å². The minimum Gasteiger partial charge on any atom is -0.390 e. The average Bonchev–Trinajstić information content (AvgIpc) is 2.85. The van der Waals surface area contributed by atoms with Gasteiger partial charge in [0.15, 0.2) is 0 Å². The molecular formula is C12H13ClF3N3O2. The van der Waals surface area contributed by atoms with Gasteiger partial charge in [0.05, 0.1) is 28.9 Å². The Kier molecular flexibility index (Phi) is 4.58. The molecule has 0 bridgehead atoms. The number of nitrogens with one attached hydrogen (secondary N) is 1. The standard InChI is InChI=1S/C12H13ClF3N3O2/c1-6(20)10-3-8(21-19-10)5-18-11-9(13)2-7(4-17-11)12(14,15)16/h2,4,6,8,20H,3,5H2,1H3,(H,17,18). The van der Waals surface area contributed by atoms with Crippen LogP contribution in [0.25, 0.3) is 0 Å². The van der Waals surface area contributed by atoms with Crippen molar-refractivity contribution in [2.24, 2.45) is 5.16 Å². The molecule has 0 amide bonds. The van der Waals surface area contributed by atoms with E-state index in [9.17, 15) is 18.3 Å². The predicted molar refractivity (Wildman–Crippen MR) is 71.3 cm³/mol. The Morgan fingerprint density at radius 1 is 1.57 bits per heavy atom. The van der Waals surface area contributed by atoms with Crippen molar-refractivity contribution < 1.29 is 23.1 Å². The van der Waals surface area contributed by atoms with Crippen molar-refractivity contribution in [2.45, 2.75) is 31.7 Å². The smallest absolute Gasteiger partial charge is 0.390 e. The number of halogens is 4. The molecule has 0 spiro atoms. The van der Waals surface area contributed by atoms with Crippen LogP contribution in [0.4, 0.5) is 19.0 Å². The summed E-state index contributed by atoms with van der Waals surface area (Å²) in [7, 11) is 0. The number of aliphatic hydroxyl groups is 1. The maximum absolute atomic E-state index is 12.5. The molecule has 0 aliphatic carbocycles. The van der Waals surface area contributed by atoms with Gasteiger partial charge in [-0.3, -0.25) is 0 Å². The van der Waals surface area contributed by atoms with Crippen LogP contribution in [0, 0.1) is 0 Å². The van der Waals surface area contributed by atoms with Crippen LogP contribution in [0.2, 0.25) is 5.02 Å². The Hall–Kier alpha value is -1.54. The van der Waals surface area contributed by atoms with Crippen LogP contribution in [0.1, 0.15) is 18.9 Å². The third-order valence-corrected chi connectivity index (χ3v) is 3.19. The molecule has 0 saturated heterocycles. The molecule has 2 heterocycles. The molecule has 0 aromatic carbocycles. The Morgan fingerprint density at radius 2 is 2.29 bits per heavy atom. The fraction of sp³-hybridized carbons (Fsp3) is 0.500. The number of aromatic nitrogens is 1. The maximum atomic E-state index is 12.5. The van der Waals surface area contributed by atoms with Gasteiger partial charge in [0.2, 0.25) is 0 Å². The van der Waals surface area contributed by atoms with Crippen molar-refractivity contribution in [1.82, 2.24) is 4.98 Å². The first-order valence-electron chi connectivity index (χ1n) is 6.14. The molecule has 116 valence electrons. The van der Waals surface area contributed by atoms with Crippen molar-refractivity contribution in [3.05, 3.63) is 22.8 Å².